The minimum Gasteiger partial charge on any atom is -0.216 e. The van der Waals surface area contributed by atoms with Gasteiger partial charge in [0.25, 0.3) is 0 Å². The Morgan fingerprint density at radius 3 is 2.37 bits per heavy atom. The molecule has 0 radical (unpaired) electrons. The standard InChI is InChI=1S/C22H27N5O2S/c1-15-7-9-19(10-8-15)20-11-12-21(24-23-20)27-18(4)22(17(3)25-27)30(28,29)26-13-5-6-16(2)14-26/h7-12,16H,5-6,13-14H2,1-4H3/t16-/m0/s1. The Balaban J connectivity index is 1.67. The van der Waals surface area contributed by atoms with E-state index in [0.29, 0.717) is 36.2 Å². The fraction of sp³-hybridized carbons (Fsp3) is 0.409. The van der Waals surface area contributed by atoms with Crippen LogP contribution in [0.1, 0.15) is 36.7 Å². The zero-order chi connectivity index (χ0) is 21.5. The van der Waals surface area contributed by atoms with Crippen molar-refractivity contribution in [2.75, 3.05) is 13.1 Å². The smallest absolute Gasteiger partial charge is 0.216 e. The quantitative estimate of drug-likeness (QED) is 0.637. The summed E-state index contributed by atoms with van der Waals surface area (Å²) >= 11 is 0. The second-order valence-corrected chi connectivity index (χ2v) is 10.0. The third-order valence-electron chi connectivity index (χ3n) is 5.66. The van der Waals surface area contributed by atoms with Gasteiger partial charge in [0, 0.05) is 18.7 Å². The summed E-state index contributed by atoms with van der Waals surface area (Å²) in [5.74, 6) is 0.865. The van der Waals surface area contributed by atoms with Crippen LogP contribution in [0.5, 0.6) is 0 Å². The minimum absolute atomic E-state index is 0.279. The fourth-order valence-corrected chi connectivity index (χ4v) is 5.99. The van der Waals surface area contributed by atoms with Gasteiger partial charge in [-0.25, -0.2) is 13.1 Å². The molecule has 2 aromatic heterocycles. The molecule has 3 heterocycles. The Morgan fingerprint density at radius 2 is 1.73 bits per heavy atom. The van der Waals surface area contributed by atoms with E-state index in [1.165, 1.54) is 5.56 Å². The molecule has 1 aromatic carbocycles. The summed E-state index contributed by atoms with van der Waals surface area (Å²) in [7, 11) is -3.60. The van der Waals surface area contributed by atoms with Crippen LogP contribution in [0.2, 0.25) is 0 Å². The van der Waals surface area contributed by atoms with Crippen LogP contribution in [-0.2, 0) is 10.0 Å². The highest BCUT2D eigenvalue weighted by molar-refractivity contribution is 7.89. The molecule has 30 heavy (non-hydrogen) atoms. The average Bonchev–Trinajstić information content (AvgIpc) is 3.03. The maximum atomic E-state index is 13.3. The summed E-state index contributed by atoms with van der Waals surface area (Å²) in [5.41, 5.74) is 3.96. The Hall–Kier alpha value is -2.58. The highest BCUT2D eigenvalue weighted by atomic mass is 32.2. The molecule has 3 aromatic rings. The number of piperidine rings is 1. The molecule has 0 amide bonds. The van der Waals surface area contributed by atoms with E-state index in [-0.39, 0.29) is 4.90 Å². The first-order valence-electron chi connectivity index (χ1n) is 10.2. The average molecular weight is 426 g/mol. The summed E-state index contributed by atoms with van der Waals surface area (Å²) in [6, 6.07) is 11.8. The van der Waals surface area contributed by atoms with E-state index in [2.05, 4.69) is 22.2 Å². The van der Waals surface area contributed by atoms with Gasteiger partial charge < -0.3 is 0 Å². The van der Waals surface area contributed by atoms with Crippen molar-refractivity contribution in [3.05, 3.63) is 53.3 Å². The molecule has 7 nitrogen and oxygen atoms in total. The number of aryl methyl sites for hydroxylation is 2. The van der Waals surface area contributed by atoms with E-state index in [1.807, 2.05) is 43.3 Å². The second kappa shape index (κ2) is 7.92. The highest BCUT2D eigenvalue weighted by Crippen LogP contribution is 2.29. The molecule has 1 atom stereocenters. The summed E-state index contributed by atoms with van der Waals surface area (Å²) in [6.45, 7) is 8.75. The van der Waals surface area contributed by atoms with Gasteiger partial charge in [-0.05, 0) is 51.7 Å². The molecule has 1 aliphatic rings. The summed E-state index contributed by atoms with van der Waals surface area (Å²) in [4.78, 5) is 0.279. The van der Waals surface area contributed by atoms with Crippen LogP contribution < -0.4 is 0 Å². The molecule has 0 N–H and O–H groups in total. The number of hydrogen-bond acceptors (Lipinski definition) is 5. The highest BCUT2D eigenvalue weighted by Gasteiger charge is 2.33. The summed E-state index contributed by atoms with van der Waals surface area (Å²) in [5, 5.41) is 13.1. The van der Waals surface area contributed by atoms with Crippen molar-refractivity contribution in [1.82, 2.24) is 24.3 Å². The predicted molar refractivity (Wildman–Crippen MR) is 116 cm³/mol. The van der Waals surface area contributed by atoms with E-state index in [9.17, 15) is 8.42 Å². The molecule has 0 spiro atoms. The predicted octanol–water partition coefficient (Wildman–Crippen LogP) is 3.68. The number of nitrogens with zero attached hydrogens (tertiary/aromatic N) is 5. The van der Waals surface area contributed by atoms with Crippen molar-refractivity contribution >= 4 is 10.0 Å². The Bertz CT molecular complexity index is 1150. The van der Waals surface area contributed by atoms with Crippen molar-refractivity contribution in [1.29, 1.82) is 0 Å². The maximum absolute atomic E-state index is 13.3. The molecule has 0 unspecified atom stereocenters. The van der Waals surface area contributed by atoms with Crippen LogP contribution in [0.4, 0.5) is 0 Å². The number of aromatic nitrogens is 4. The van der Waals surface area contributed by atoms with Crippen molar-refractivity contribution in [3.63, 3.8) is 0 Å². The molecule has 0 aliphatic carbocycles. The van der Waals surface area contributed by atoms with Gasteiger partial charge >= 0.3 is 0 Å². The molecular formula is C22H27N5O2S. The van der Waals surface area contributed by atoms with Gasteiger partial charge in [-0.15, -0.1) is 10.2 Å². The molecule has 0 saturated carbocycles. The van der Waals surface area contributed by atoms with Crippen LogP contribution in [0.15, 0.2) is 41.3 Å². The number of rotatable bonds is 4. The van der Waals surface area contributed by atoms with Crippen LogP contribution >= 0.6 is 0 Å². The molecule has 158 valence electrons. The largest absolute Gasteiger partial charge is 0.246 e. The minimum atomic E-state index is -3.60. The molecule has 1 aliphatic heterocycles. The molecule has 1 saturated heterocycles. The lowest BCUT2D eigenvalue weighted by Gasteiger charge is -2.30. The van der Waals surface area contributed by atoms with Crippen LogP contribution in [0.3, 0.4) is 0 Å². The zero-order valence-electron chi connectivity index (χ0n) is 17.8. The summed E-state index contributed by atoms with van der Waals surface area (Å²) in [6.07, 6.45) is 1.95. The second-order valence-electron chi connectivity index (χ2n) is 8.16. The van der Waals surface area contributed by atoms with Crippen LogP contribution in [0, 0.1) is 26.7 Å². The Morgan fingerprint density at radius 1 is 1.00 bits per heavy atom. The van der Waals surface area contributed by atoms with Crippen molar-refractivity contribution < 1.29 is 8.42 Å². The topological polar surface area (TPSA) is 81.0 Å². The van der Waals surface area contributed by atoms with Crippen molar-refractivity contribution in [2.24, 2.45) is 5.92 Å². The fourth-order valence-electron chi connectivity index (χ4n) is 4.03. The first-order chi connectivity index (χ1) is 14.3. The molecule has 4 rings (SSSR count). The van der Waals surface area contributed by atoms with Crippen LogP contribution in [-0.4, -0.2) is 45.8 Å². The summed E-state index contributed by atoms with van der Waals surface area (Å²) < 4.78 is 29.8. The van der Waals surface area contributed by atoms with Gasteiger partial charge in [-0.2, -0.15) is 9.40 Å². The maximum Gasteiger partial charge on any atom is 0.246 e. The molecule has 8 heteroatoms. The van der Waals surface area contributed by atoms with Gasteiger partial charge in [0.15, 0.2) is 5.82 Å². The third-order valence-corrected chi connectivity index (χ3v) is 7.78. The Kier molecular flexibility index (Phi) is 5.46. The number of hydrogen-bond donors (Lipinski definition) is 0. The van der Waals surface area contributed by atoms with Gasteiger partial charge in [-0.1, -0.05) is 36.8 Å². The Labute approximate surface area is 177 Å². The lowest BCUT2D eigenvalue weighted by Crippen LogP contribution is -2.39. The molecular weight excluding hydrogens is 398 g/mol. The van der Waals surface area contributed by atoms with Gasteiger partial charge in [0.1, 0.15) is 4.90 Å². The van der Waals surface area contributed by atoms with E-state index in [1.54, 1.807) is 22.8 Å². The monoisotopic (exact) mass is 425 g/mol. The van der Waals surface area contributed by atoms with Crippen molar-refractivity contribution in [3.8, 4) is 17.1 Å². The zero-order valence-corrected chi connectivity index (χ0v) is 18.6. The third kappa shape index (κ3) is 3.77. The number of sulfonamides is 1. The molecule has 1 fully saturated rings. The first kappa shape index (κ1) is 20.7. The van der Waals surface area contributed by atoms with Gasteiger partial charge in [0.2, 0.25) is 10.0 Å². The number of benzene rings is 1. The van der Waals surface area contributed by atoms with E-state index in [0.717, 1.165) is 24.1 Å². The van der Waals surface area contributed by atoms with Crippen molar-refractivity contribution in [2.45, 2.75) is 45.4 Å². The van der Waals surface area contributed by atoms with E-state index >= 15 is 0 Å². The van der Waals surface area contributed by atoms with Gasteiger partial charge in [0.05, 0.1) is 17.1 Å². The lowest BCUT2D eigenvalue weighted by molar-refractivity contribution is 0.281. The first-order valence-corrected chi connectivity index (χ1v) is 11.7. The lowest BCUT2D eigenvalue weighted by atomic mass is 10.0. The molecule has 0 bridgehead atoms. The van der Waals surface area contributed by atoms with Crippen LogP contribution in [0.25, 0.3) is 17.1 Å². The van der Waals surface area contributed by atoms with E-state index < -0.39 is 10.0 Å². The van der Waals surface area contributed by atoms with E-state index in [4.69, 9.17) is 0 Å². The normalized spacial score (nSPS) is 17.9. The SMILES string of the molecule is Cc1ccc(-c2ccc(-n3nc(C)c(S(=O)(=O)N4CCC[C@H](C)C4)c3C)nn2)cc1. The van der Waals surface area contributed by atoms with Gasteiger partial charge in [-0.3, -0.25) is 0 Å².